The van der Waals surface area contributed by atoms with Gasteiger partial charge in [0.25, 0.3) is 11.9 Å². The summed E-state index contributed by atoms with van der Waals surface area (Å²) in [6.07, 6.45) is 6.80. The molecule has 1 saturated carbocycles. The molecule has 1 aliphatic carbocycles. The molecule has 8 nitrogen and oxygen atoms in total. The van der Waals surface area contributed by atoms with Gasteiger partial charge in [-0.15, -0.1) is 11.3 Å². The maximum absolute atomic E-state index is 14.2. The van der Waals surface area contributed by atoms with Gasteiger partial charge in [0.1, 0.15) is 5.01 Å². The second-order valence-electron chi connectivity index (χ2n) is 7.33. The van der Waals surface area contributed by atoms with Crippen molar-refractivity contribution < 1.29 is 13.9 Å². The number of carbonyl (C=O) groups excluding carboxylic acids is 1. The van der Waals surface area contributed by atoms with Crippen LogP contribution in [0.3, 0.4) is 0 Å². The van der Waals surface area contributed by atoms with E-state index >= 15 is 0 Å². The van der Waals surface area contributed by atoms with Crippen LogP contribution < -0.4 is 10.1 Å². The van der Waals surface area contributed by atoms with Gasteiger partial charge in [-0.05, 0) is 37.1 Å². The van der Waals surface area contributed by atoms with E-state index in [9.17, 15) is 9.18 Å². The lowest BCUT2D eigenvalue weighted by Crippen LogP contribution is -2.23. The Hall–Kier alpha value is -3.66. The van der Waals surface area contributed by atoms with E-state index in [1.54, 1.807) is 41.5 Å². The van der Waals surface area contributed by atoms with Crippen molar-refractivity contribution in [1.82, 2.24) is 30.0 Å². The quantitative estimate of drug-likeness (QED) is 0.461. The fourth-order valence-electron chi connectivity index (χ4n) is 3.47. The number of carbonyl (C=O) groups is 1. The molecule has 3 aromatic heterocycles. The van der Waals surface area contributed by atoms with Crippen LogP contribution in [-0.4, -0.2) is 37.7 Å². The van der Waals surface area contributed by atoms with Crippen molar-refractivity contribution in [1.29, 1.82) is 0 Å². The summed E-state index contributed by atoms with van der Waals surface area (Å²) in [6, 6.07) is 6.36. The zero-order valence-corrected chi connectivity index (χ0v) is 18.0. The summed E-state index contributed by atoms with van der Waals surface area (Å²) in [4.78, 5) is 26.0. The molecular weight excluding hydrogens is 431 g/mol. The summed E-state index contributed by atoms with van der Waals surface area (Å²) in [5, 5.41) is 10.0. The van der Waals surface area contributed by atoms with Gasteiger partial charge in [0.15, 0.2) is 11.6 Å². The zero-order chi connectivity index (χ0) is 22.1. The molecule has 4 aromatic rings. The number of aromatic nitrogens is 5. The molecule has 1 N–H and O–H groups in total. The van der Waals surface area contributed by atoms with Crippen LogP contribution >= 0.6 is 11.3 Å². The number of hydrogen-bond acceptors (Lipinski definition) is 7. The third kappa shape index (κ3) is 3.96. The topological polar surface area (TPSA) is 94.8 Å². The predicted octanol–water partition coefficient (Wildman–Crippen LogP) is 3.74. The van der Waals surface area contributed by atoms with E-state index in [0.29, 0.717) is 29.3 Å². The molecule has 3 heterocycles. The number of nitrogens with one attached hydrogen (secondary N) is 1. The Morgan fingerprint density at radius 1 is 1.28 bits per heavy atom. The molecule has 0 unspecified atom stereocenters. The summed E-state index contributed by atoms with van der Waals surface area (Å²) in [7, 11) is 1.42. The first-order valence-electron chi connectivity index (χ1n) is 10.1. The molecule has 0 spiro atoms. The summed E-state index contributed by atoms with van der Waals surface area (Å²) >= 11 is 1.49. The molecule has 0 bridgehead atoms. The molecule has 162 valence electrons. The fourth-order valence-corrected chi connectivity index (χ4v) is 4.03. The molecule has 1 aromatic carbocycles. The van der Waals surface area contributed by atoms with E-state index in [2.05, 4.69) is 25.4 Å². The van der Waals surface area contributed by atoms with Crippen molar-refractivity contribution in [3.8, 4) is 23.0 Å². The largest absolute Gasteiger partial charge is 0.494 e. The maximum atomic E-state index is 14.2. The average Bonchev–Trinajstić information content (AvgIpc) is 3.33. The van der Waals surface area contributed by atoms with Gasteiger partial charge in [-0.25, -0.2) is 24.0 Å². The number of thiazole rings is 1. The van der Waals surface area contributed by atoms with Gasteiger partial charge >= 0.3 is 0 Å². The standard InChI is InChI=1S/C22H19FN6O2S/c1-31-18-5-4-14(10-16(18)23)17-6-7-25-22(28-17)29-20(13-2-3-13)15(11-27-29)21(30)26-12-19-24-8-9-32-19/h4-11,13H,2-3,12H2,1H3,(H,26,30). The van der Waals surface area contributed by atoms with Crippen LogP contribution in [0.1, 0.15) is 39.8 Å². The van der Waals surface area contributed by atoms with Crippen LogP contribution in [0, 0.1) is 5.82 Å². The molecule has 1 aliphatic rings. The molecule has 0 aliphatic heterocycles. The van der Waals surface area contributed by atoms with Gasteiger partial charge < -0.3 is 10.1 Å². The minimum atomic E-state index is -0.470. The van der Waals surface area contributed by atoms with Crippen molar-refractivity contribution in [2.75, 3.05) is 7.11 Å². The summed E-state index contributed by atoms with van der Waals surface area (Å²) < 4.78 is 20.8. The fraction of sp³-hybridized carbons (Fsp3) is 0.227. The van der Waals surface area contributed by atoms with Crippen LogP contribution in [0.2, 0.25) is 0 Å². The lowest BCUT2D eigenvalue weighted by Gasteiger charge is -2.09. The molecular formula is C22H19FN6O2S. The lowest BCUT2D eigenvalue weighted by molar-refractivity contribution is 0.0950. The molecule has 0 radical (unpaired) electrons. The van der Waals surface area contributed by atoms with Crippen molar-refractivity contribution >= 4 is 17.2 Å². The van der Waals surface area contributed by atoms with E-state index in [1.807, 2.05) is 5.38 Å². The second-order valence-corrected chi connectivity index (χ2v) is 8.31. The highest BCUT2D eigenvalue weighted by Gasteiger charge is 2.33. The predicted molar refractivity (Wildman–Crippen MR) is 116 cm³/mol. The van der Waals surface area contributed by atoms with Crippen molar-refractivity contribution in [2.45, 2.75) is 25.3 Å². The normalized spacial score (nSPS) is 13.2. The molecule has 1 fully saturated rings. The third-order valence-corrected chi connectivity index (χ3v) is 5.96. The first-order chi connectivity index (χ1) is 15.6. The lowest BCUT2D eigenvalue weighted by atomic mass is 10.1. The number of rotatable bonds is 7. The summed E-state index contributed by atoms with van der Waals surface area (Å²) in [5.74, 6) is 0.0479. The number of hydrogen-bond donors (Lipinski definition) is 1. The van der Waals surface area contributed by atoms with E-state index in [4.69, 9.17) is 4.74 Å². The minimum absolute atomic E-state index is 0.166. The second kappa shape index (κ2) is 8.46. The molecule has 10 heteroatoms. The highest BCUT2D eigenvalue weighted by molar-refractivity contribution is 7.09. The highest BCUT2D eigenvalue weighted by atomic mass is 32.1. The zero-order valence-electron chi connectivity index (χ0n) is 17.2. The molecule has 1 amide bonds. The van der Waals surface area contributed by atoms with Crippen LogP contribution in [0.5, 0.6) is 5.75 Å². The van der Waals surface area contributed by atoms with Gasteiger partial charge in [0.05, 0.1) is 36.8 Å². The number of nitrogens with zero attached hydrogens (tertiary/aromatic N) is 5. The number of methoxy groups -OCH3 is 1. The molecule has 5 rings (SSSR count). The smallest absolute Gasteiger partial charge is 0.255 e. The summed E-state index contributed by atoms with van der Waals surface area (Å²) in [6.45, 7) is 0.362. The van der Waals surface area contributed by atoms with E-state index in [-0.39, 0.29) is 17.6 Å². The van der Waals surface area contributed by atoms with Gasteiger partial charge in [0.2, 0.25) is 0 Å². The molecule has 32 heavy (non-hydrogen) atoms. The Balaban J connectivity index is 1.46. The Morgan fingerprint density at radius 3 is 2.88 bits per heavy atom. The SMILES string of the molecule is COc1ccc(-c2ccnc(-n3ncc(C(=O)NCc4nccs4)c3C3CC3)n2)cc1F. The van der Waals surface area contributed by atoms with E-state index in [1.165, 1.54) is 24.5 Å². The van der Waals surface area contributed by atoms with Crippen LogP contribution in [0.15, 0.2) is 48.2 Å². The minimum Gasteiger partial charge on any atom is -0.494 e. The number of ether oxygens (including phenoxy) is 1. The van der Waals surface area contributed by atoms with Crippen LogP contribution in [0.25, 0.3) is 17.2 Å². The molecule has 0 saturated heterocycles. The Labute approximate surface area is 187 Å². The molecule has 0 atom stereocenters. The Kier molecular flexibility index (Phi) is 5.36. The number of benzene rings is 1. The number of halogens is 1. The summed E-state index contributed by atoms with van der Waals surface area (Å²) in [5.41, 5.74) is 2.44. The van der Waals surface area contributed by atoms with Gasteiger partial charge in [-0.3, -0.25) is 4.79 Å². The van der Waals surface area contributed by atoms with Gasteiger partial charge in [0, 0.05) is 29.3 Å². The van der Waals surface area contributed by atoms with Crippen LogP contribution in [-0.2, 0) is 6.54 Å². The van der Waals surface area contributed by atoms with Gasteiger partial charge in [-0.1, -0.05) is 0 Å². The number of amides is 1. The Bertz CT molecular complexity index is 1270. The van der Waals surface area contributed by atoms with Crippen molar-refractivity contribution in [3.63, 3.8) is 0 Å². The maximum Gasteiger partial charge on any atom is 0.255 e. The van der Waals surface area contributed by atoms with E-state index in [0.717, 1.165) is 23.5 Å². The van der Waals surface area contributed by atoms with Crippen LogP contribution in [0.4, 0.5) is 4.39 Å². The first kappa shape index (κ1) is 20.3. The van der Waals surface area contributed by atoms with Crippen molar-refractivity contribution in [3.05, 3.63) is 70.3 Å². The Morgan fingerprint density at radius 2 is 2.16 bits per heavy atom. The first-order valence-corrected chi connectivity index (χ1v) is 10.9. The van der Waals surface area contributed by atoms with Crippen molar-refractivity contribution in [2.24, 2.45) is 0 Å². The third-order valence-electron chi connectivity index (χ3n) is 5.18. The average molecular weight is 450 g/mol. The van der Waals surface area contributed by atoms with Gasteiger partial charge in [-0.2, -0.15) is 5.10 Å². The van der Waals surface area contributed by atoms with E-state index < -0.39 is 5.82 Å². The monoisotopic (exact) mass is 450 g/mol. The highest BCUT2D eigenvalue weighted by Crippen LogP contribution is 2.42.